The van der Waals surface area contributed by atoms with E-state index in [1.54, 1.807) is 6.07 Å². The van der Waals surface area contributed by atoms with Crippen molar-refractivity contribution < 1.29 is 4.92 Å². The largest absolute Gasteiger partial charge is 0.381 e. The van der Waals surface area contributed by atoms with Crippen molar-refractivity contribution in [3.8, 4) is 0 Å². The molecule has 5 nitrogen and oxygen atoms in total. The fourth-order valence-corrected chi connectivity index (χ4v) is 1.27. The molecule has 0 aliphatic heterocycles. The molecule has 1 unspecified atom stereocenters. The first-order valence-electron chi connectivity index (χ1n) is 4.45. The van der Waals surface area contributed by atoms with Crippen LogP contribution in [0.3, 0.4) is 0 Å². The maximum Gasteiger partial charge on any atom is 0.289 e. The monoisotopic (exact) mass is 229 g/mol. The standard InChI is InChI=1S/C9H12ClN3O2/c1-6(5-11)12-7-2-3-8(10)9(4-7)13(14)15/h2-4,6,12H,5,11H2,1H3. The smallest absolute Gasteiger partial charge is 0.289 e. The van der Waals surface area contributed by atoms with Gasteiger partial charge in [-0.15, -0.1) is 0 Å². The summed E-state index contributed by atoms with van der Waals surface area (Å²) in [5.74, 6) is 0. The van der Waals surface area contributed by atoms with Crippen molar-refractivity contribution in [2.24, 2.45) is 5.73 Å². The molecule has 6 heteroatoms. The lowest BCUT2D eigenvalue weighted by Gasteiger charge is -2.12. The van der Waals surface area contributed by atoms with Gasteiger partial charge in [0.25, 0.3) is 5.69 Å². The van der Waals surface area contributed by atoms with Crippen LogP contribution in [0.2, 0.25) is 5.02 Å². The molecule has 0 saturated heterocycles. The molecule has 82 valence electrons. The average Bonchev–Trinajstić information content (AvgIpc) is 2.20. The quantitative estimate of drug-likeness (QED) is 0.611. The van der Waals surface area contributed by atoms with Crippen molar-refractivity contribution in [1.29, 1.82) is 0 Å². The Bertz CT molecular complexity index is 370. The van der Waals surface area contributed by atoms with Crippen molar-refractivity contribution in [3.05, 3.63) is 33.3 Å². The molecule has 3 N–H and O–H groups in total. The summed E-state index contributed by atoms with van der Waals surface area (Å²) in [6.07, 6.45) is 0. The highest BCUT2D eigenvalue weighted by Crippen LogP contribution is 2.27. The van der Waals surface area contributed by atoms with E-state index in [9.17, 15) is 10.1 Å². The van der Waals surface area contributed by atoms with Gasteiger partial charge < -0.3 is 11.1 Å². The van der Waals surface area contributed by atoms with Gasteiger partial charge in [-0.05, 0) is 19.1 Å². The summed E-state index contributed by atoms with van der Waals surface area (Å²) in [6, 6.07) is 4.63. The Hall–Kier alpha value is -1.33. The number of anilines is 1. The van der Waals surface area contributed by atoms with Crippen molar-refractivity contribution in [2.45, 2.75) is 13.0 Å². The van der Waals surface area contributed by atoms with E-state index in [0.29, 0.717) is 12.2 Å². The van der Waals surface area contributed by atoms with Crippen LogP contribution in [0.25, 0.3) is 0 Å². The van der Waals surface area contributed by atoms with E-state index >= 15 is 0 Å². The predicted molar refractivity (Wildman–Crippen MR) is 60.2 cm³/mol. The molecule has 0 fully saturated rings. The fraction of sp³-hybridized carbons (Fsp3) is 0.333. The van der Waals surface area contributed by atoms with E-state index in [0.717, 1.165) is 0 Å². The summed E-state index contributed by atoms with van der Waals surface area (Å²) in [5, 5.41) is 13.8. The Morgan fingerprint density at radius 1 is 1.67 bits per heavy atom. The lowest BCUT2D eigenvalue weighted by Crippen LogP contribution is -2.25. The molecule has 1 atom stereocenters. The molecule has 0 aliphatic carbocycles. The maximum atomic E-state index is 10.6. The number of benzene rings is 1. The average molecular weight is 230 g/mol. The molecule has 0 aromatic heterocycles. The molecule has 0 heterocycles. The highest BCUT2D eigenvalue weighted by Gasteiger charge is 2.13. The zero-order chi connectivity index (χ0) is 11.4. The fourth-order valence-electron chi connectivity index (χ4n) is 1.09. The summed E-state index contributed by atoms with van der Waals surface area (Å²) < 4.78 is 0. The van der Waals surface area contributed by atoms with Gasteiger partial charge in [-0.25, -0.2) is 0 Å². The normalized spacial score (nSPS) is 12.2. The highest BCUT2D eigenvalue weighted by atomic mass is 35.5. The van der Waals surface area contributed by atoms with Crippen molar-refractivity contribution in [2.75, 3.05) is 11.9 Å². The summed E-state index contributed by atoms with van der Waals surface area (Å²) in [6.45, 7) is 2.34. The number of nitro benzene ring substituents is 1. The number of halogens is 1. The van der Waals surface area contributed by atoms with Crippen LogP contribution in [0, 0.1) is 10.1 Å². The predicted octanol–water partition coefficient (Wildman–Crippen LogP) is 2.01. The Labute approximate surface area is 92.4 Å². The number of nitrogens with two attached hydrogens (primary N) is 1. The minimum absolute atomic E-state index is 0.0609. The van der Waals surface area contributed by atoms with Gasteiger partial charge in [-0.2, -0.15) is 0 Å². The molecular formula is C9H12ClN3O2. The van der Waals surface area contributed by atoms with Crippen LogP contribution in [-0.4, -0.2) is 17.5 Å². The minimum Gasteiger partial charge on any atom is -0.381 e. The Kier molecular flexibility index (Phi) is 3.88. The SMILES string of the molecule is CC(CN)Nc1ccc(Cl)c([N+](=O)[O-])c1. The zero-order valence-corrected chi connectivity index (χ0v) is 8.99. The van der Waals surface area contributed by atoms with Gasteiger partial charge in [-0.3, -0.25) is 10.1 Å². The molecule has 0 bridgehead atoms. The number of nitrogens with one attached hydrogen (secondary N) is 1. The van der Waals surface area contributed by atoms with Gasteiger partial charge in [0.2, 0.25) is 0 Å². The molecule has 0 saturated carbocycles. The van der Waals surface area contributed by atoms with E-state index in [-0.39, 0.29) is 16.8 Å². The number of hydrogen-bond acceptors (Lipinski definition) is 4. The number of nitro groups is 1. The van der Waals surface area contributed by atoms with Gasteiger partial charge in [0.05, 0.1) is 4.92 Å². The highest BCUT2D eigenvalue weighted by molar-refractivity contribution is 6.32. The third-order valence-electron chi connectivity index (χ3n) is 1.91. The summed E-state index contributed by atoms with van der Waals surface area (Å²) in [4.78, 5) is 10.1. The second-order valence-corrected chi connectivity index (χ2v) is 3.61. The third kappa shape index (κ3) is 3.07. The molecule has 0 amide bonds. The van der Waals surface area contributed by atoms with Crippen LogP contribution in [0.15, 0.2) is 18.2 Å². The van der Waals surface area contributed by atoms with Crippen LogP contribution in [0.4, 0.5) is 11.4 Å². The van der Waals surface area contributed by atoms with E-state index in [1.807, 2.05) is 6.92 Å². The first kappa shape index (κ1) is 11.7. The first-order valence-corrected chi connectivity index (χ1v) is 4.83. The minimum atomic E-state index is -0.513. The Balaban J connectivity index is 2.92. The second kappa shape index (κ2) is 4.95. The first-order chi connectivity index (χ1) is 7.04. The van der Waals surface area contributed by atoms with Crippen LogP contribution >= 0.6 is 11.6 Å². The molecule has 15 heavy (non-hydrogen) atoms. The summed E-state index contributed by atoms with van der Waals surface area (Å²) in [7, 11) is 0. The molecule has 0 aliphatic rings. The maximum absolute atomic E-state index is 10.6. The molecular weight excluding hydrogens is 218 g/mol. The van der Waals surface area contributed by atoms with Gasteiger partial charge >= 0.3 is 0 Å². The van der Waals surface area contributed by atoms with Crippen molar-refractivity contribution in [3.63, 3.8) is 0 Å². The molecule has 1 aromatic carbocycles. The van der Waals surface area contributed by atoms with Gasteiger partial charge in [-0.1, -0.05) is 11.6 Å². The summed E-state index contributed by atoms with van der Waals surface area (Å²) in [5.41, 5.74) is 5.96. The molecule has 1 rings (SSSR count). The second-order valence-electron chi connectivity index (χ2n) is 3.20. The number of hydrogen-bond donors (Lipinski definition) is 2. The van der Waals surface area contributed by atoms with Gasteiger partial charge in [0, 0.05) is 24.3 Å². The number of nitrogens with zero attached hydrogens (tertiary/aromatic N) is 1. The topological polar surface area (TPSA) is 81.2 Å². The van der Waals surface area contributed by atoms with E-state index in [4.69, 9.17) is 17.3 Å². The zero-order valence-electron chi connectivity index (χ0n) is 8.24. The van der Waals surface area contributed by atoms with E-state index in [2.05, 4.69) is 5.32 Å². The third-order valence-corrected chi connectivity index (χ3v) is 2.23. The van der Waals surface area contributed by atoms with Crippen LogP contribution < -0.4 is 11.1 Å². The van der Waals surface area contributed by atoms with Gasteiger partial charge in [0.1, 0.15) is 5.02 Å². The van der Waals surface area contributed by atoms with E-state index in [1.165, 1.54) is 12.1 Å². The van der Waals surface area contributed by atoms with Crippen LogP contribution in [0.5, 0.6) is 0 Å². The van der Waals surface area contributed by atoms with Crippen molar-refractivity contribution in [1.82, 2.24) is 0 Å². The Morgan fingerprint density at radius 2 is 2.33 bits per heavy atom. The molecule has 0 radical (unpaired) electrons. The van der Waals surface area contributed by atoms with E-state index < -0.39 is 4.92 Å². The number of rotatable bonds is 4. The van der Waals surface area contributed by atoms with Crippen molar-refractivity contribution >= 4 is 23.0 Å². The van der Waals surface area contributed by atoms with Gasteiger partial charge in [0.15, 0.2) is 0 Å². The Morgan fingerprint density at radius 3 is 2.87 bits per heavy atom. The molecule has 1 aromatic rings. The lowest BCUT2D eigenvalue weighted by molar-refractivity contribution is -0.384. The lowest BCUT2D eigenvalue weighted by atomic mass is 10.2. The molecule has 0 spiro atoms. The van der Waals surface area contributed by atoms with Crippen LogP contribution in [0.1, 0.15) is 6.92 Å². The summed E-state index contributed by atoms with van der Waals surface area (Å²) >= 11 is 5.67. The van der Waals surface area contributed by atoms with Crippen LogP contribution in [-0.2, 0) is 0 Å².